The Kier molecular flexibility index (Phi) is 18.6. The second-order valence-corrected chi connectivity index (χ2v) is 18.0. The molecule has 25 heteroatoms. The molecule has 71 heavy (non-hydrogen) atoms. The van der Waals surface area contributed by atoms with Crippen molar-refractivity contribution in [1.29, 1.82) is 0 Å². The maximum Gasteiger partial charge on any atom is 0.295 e. The predicted octanol–water partition coefficient (Wildman–Crippen LogP) is 1.39. The fourth-order valence-electron chi connectivity index (χ4n) is 7.25. The van der Waals surface area contributed by atoms with Gasteiger partial charge in [0.15, 0.2) is 18.2 Å². The number of aliphatic hydroxyl groups is 4. The predicted molar refractivity (Wildman–Crippen MR) is 255 cm³/mol. The molecule has 1 aromatic heterocycles. The second-order valence-electron chi connectivity index (χ2n) is 16.7. The van der Waals surface area contributed by atoms with E-state index in [0.717, 1.165) is 19.5 Å². The summed E-state index contributed by atoms with van der Waals surface area (Å²) in [4.78, 5) is 40.3. The molecule has 0 saturated carbocycles. The summed E-state index contributed by atoms with van der Waals surface area (Å²) >= 11 is 0. The standard InChI is InChI=1S/C46H58N10O14S/c1-28(58)50-39-41(60)40(59)37(27-57)69-43(39)70-45(46(2,63)44(62)48-20-19-47-36-9-5-8-35-34(36)7-6-10-38(35)71(64,65)66)68-24-23-67-22-21-56-26-32(53-54-56)25-49-42(61)29-11-13-30(14-12-29)51-52-31-15-17-33(18-16-31)55(3)4/h5-18,26,37,39-41,43,45,47,57,59-60,63H,19-25,27H2,1-4H3,(H,48,62)(H,49,61)(H,50,58)(H,64,65,66)/b52-51+/t37-,39-,40-,41-,43+,45?,46?/m1/s1. The van der Waals surface area contributed by atoms with Gasteiger partial charge < -0.3 is 65.5 Å². The van der Waals surface area contributed by atoms with Gasteiger partial charge in [0, 0.05) is 61.8 Å². The van der Waals surface area contributed by atoms with Crippen molar-refractivity contribution >= 4 is 61.4 Å². The Morgan fingerprint density at radius 3 is 2.24 bits per heavy atom. The average Bonchev–Trinajstić information content (AvgIpc) is 3.81. The van der Waals surface area contributed by atoms with Crippen LogP contribution in [0.15, 0.2) is 106 Å². The van der Waals surface area contributed by atoms with Gasteiger partial charge in [0.25, 0.3) is 21.9 Å². The molecule has 0 aliphatic carbocycles. The zero-order valence-electron chi connectivity index (χ0n) is 39.3. The molecule has 7 atom stereocenters. The van der Waals surface area contributed by atoms with Crippen LogP contribution in [0.4, 0.5) is 22.7 Å². The maximum atomic E-state index is 13.6. The van der Waals surface area contributed by atoms with Crippen LogP contribution >= 0.6 is 0 Å². The van der Waals surface area contributed by atoms with E-state index < -0.39 is 71.1 Å². The highest BCUT2D eigenvalue weighted by atomic mass is 32.2. The van der Waals surface area contributed by atoms with Gasteiger partial charge in [-0.2, -0.15) is 18.6 Å². The summed E-state index contributed by atoms with van der Waals surface area (Å²) in [6.07, 6.45) is -6.64. The van der Waals surface area contributed by atoms with Gasteiger partial charge in [-0.05, 0) is 67.6 Å². The number of benzene rings is 4. The first-order valence-electron chi connectivity index (χ1n) is 22.3. The summed E-state index contributed by atoms with van der Waals surface area (Å²) in [6, 6.07) is 22.0. The van der Waals surface area contributed by atoms with Crippen LogP contribution < -0.4 is 26.2 Å². The molecule has 382 valence electrons. The molecule has 0 spiro atoms. The number of rotatable bonds is 24. The number of nitrogens with one attached hydrogen (secondary N) is 4. The number of fused-ring (bicyclic) bond motifs is 1. The van der Waals surface area contributed by atoms with Crippen LogP contribution in [0.2, 0.25) is 0 Å². The zero-order chi connectivity index (χ0) is 51.3. The Labute approximate surface area is 408 Å². The number of anilines is 2. The zero-order valence-corrected chi connectivity index (χ0v) is 40.1. The van der Waals surface area contributed by atoms with E-state index >= 15 is 0 Å². The molecule has 0 bridgehead atoms. The van der Waals surface area contributed by atoms with E-state index in [1.807, 2.05) is 43.3 Å². The van der Waals surface area contributed by atoms with E-state index in [9.17, 15) is 47.8 Å². The number of carbonyl (C=O) groups excluding carboxylic acids is 3. The minimum atomic E-state index is -4.51. The highest BCUT2D eigenvalue weighted by Gasteiger charge is 2.50. The van der Waals surface area contributed by atoms with Crippen LogP contribution in [0.3, 0.4) is 0 Å². The number of ether oxygens (including phenoxy) is 4. The molecule has 0 radical (unpaired) electrons. The quantitative estimate of drug-likeness (QED) is 0.0183. The minimum absolute atomic E-state index is 0.0790. The molecular formula is C46H58N10O14S. The summed E-state index contributed by atoms with van der Waals surface area (Å²) in [5, 5.41) is 71.2. The van der Waals surface area contributed by atoms with Gasteiger partial charge in [-0.3, -0.25) is 18.9 Å². The Morgan fingerprint density at radius 1 is 0.901 bits per heavy atom. The minimum Gasteiger partial charge on any atom is -0.394 e. The SMILES string of the molecule is CC(=O)N[C@H]1[C@H](OC(OCCOCCn2cc(CNC(=O)c3ccc(/N=N/c4ccc(N(C)C)cc4)cc3)nn2)C(C)(O)C(=O)NCCNc2cccc3c(S(=O)(=O)O)cccc23)O[C@H](CO)[C@@H](O)[C@@H]1O. The van der Waals surface area contributed by atoms with Crippen LogP contribution in [0.1, 0.15) is 29.9 Å². The molecule has 1 fully saturated rings. The first-order chi connectivity index (χ1) is 33.8. The largest absolute Gasteiger partial charge is 0.394 e. The average molecular weight is 1010 g/mol. The third kappa shape index (κ3) is 14.5. The van der Waals surface area contributed by atoms with Gasteiger partial charge in [0.1, 0.15) is 34.9 Å². The second kappa shape index (κ2) is 24.5. The van der Waals surface area contributed by atoms with Crippen molar-refractivity contribution in [2.24, 2.45) is 10.2 Å². The molecule has 1 aliphatic heterocycles. The van der Waals surface area contributed by atoms with Crippen LogP contribution in [0.25, 0.3) is 10.8 Å². The number of hydrogen-bond acceptors (Lipinski definition) is 19. The topological polar surface area (TPSA) is 330 Å². The van der Waals surface area contributed by atoms with Crippen LogP contribution in [0.5, 0.6) is 0 Å². The smallest absolute Gasteiger partial charge is 0.295 e. The third-order valence-corrected chi connectivity index (χ3v) is 12.0. The summed E-state index contributed by atoms with van der Waals surface area (Å²) in [5.74, 6) is -1.96. The van der Waals surface area contributed by atoms with Gasteiger partial charge in [-0.25, -0.2) is 4.68 Å². The lowest BCUT2D eigenvalue weighted by molar-refractivity contribution is -0.336. The van der Waals surface area contributed by atoms with E-state index in [1.165, 1.54) is 22.9 Å². The fraction of sp³-hybridized carbons (Fsp3) is 0.413. The summed E-state index contributed by atoms with van der Waals surface area (Å²) < 4.78 is 58.2. The molecule has 9 N–H and O–H groups in total. The molecule has 2 unspecified atom stereocenters. The molecule has 4 aromatic carbocycles. The molecule has 2 heterocycles. The first-order valence-corrected chi connectivity index (χ1v) is 23.7. The number of aromatic nitrogens is 3. The Morgan fingerprint density at radius 2 is 1.58 bits per heavy atom. The van der Waals surface area contributed by atoms with Crippen molar-refractivity contribution in [2.45, 2.75) is 74.4 Å². The van der Waals surface area contributed by atoms with E-state index in [2.05, 4.69) is 41.8 Å². The molecule has 1 saturated heterocycles. The monoisotopic (exact) mass is 1010 g/mol. The van der Waals surface area contributed by atoms with Crippen LogP contribution in [-0.2, 0) is 51.7 Å². The molecule has 24 nitrogen and oxygen atoms in total. The fourth-order valence-corrected chi connectivity index (χ4v) is 7.96. The summed E-state index contributed by atoms with van der Waals surface area (Å²) in [5.41, 5.74) is 1.20. The molecule has 5 aromatic rings. The lowest BCUT2D eigenvalue weighted by atomic mass is 9.96. The Balaban J connectivity index is 1.00. The van der Waals surface area contributed by atoms with Crippen molar-refractivity contribution in [3.63, 3.8) is 0 Å². The van der Waals surface area contributed by atoms with Gasteiger partial charge >= 0.3 is 0 Å². The Hall–Kier alpha value is -6.52. The van der Waals surface area contributed by atoms with E-state index in [1.54, 1.807) is 48.7 Å². The number of aliphatic hydroxyl groups excluding tert-OH is 3. The van der Waals surface area contributed by atoms with Crippen LogP contribution in [-0.4, -0.2) is 162 Å². The Bertz CT molecular complexity index is 2720. The number of hydrogen-bond donors (Lipinski definition) is 9. The number of carbonyl (C=O) groups is 3. The van der Waals surface area contributed by atoms with Crippen molar-refractivity contribution in [3.8, 4) is 0 Å². The molecule has 1 aliphatic rings. The van der Waals surface area contributed by atoms with E-state index in [4.69, 9.17) is 18.9 Å². The van der Waals surface area contributed by atoms with Crippen LogP contribution in [0, 0.1) is 0 Å². The third-order valence-electron chi connectivity index (χ3n) is 11.1. The molecule has 3 amide bonds. The first kappa shape index (κ1) is 53.8. The van der Waals surface area contributed by atoms with Crippen molar-refractivity contribution in [1.82, 2.24) is 30.9 Å². The highest BCUT2D eigenvalue weighted by molar-refractivity contribution is 7.86. The summed E-state index contributed by atoms with van der Waals surface area (Å²) in [6.45, 7) is 1.52. The van der Waals surface area contributed by atoms with Gasteiger partial charge in [-0.15, -0.1) is 5.10 Å². The number of azo groups is 1. The van der Waals surface area contributed by atoms with Gasteiger partial charge in [-0.1, -0.05) is 29.5 Å². The normalized spacial score (nSPS) is 19.5. The van der Waals surface area contributed by atoms with E-state index in [-0.39, 0.29) is 62.2 Å². The highest BCUT2D eigenvalue weighted by Crippen LogP contribution is 2.30. The summed E-state index contributed by atoms with van der Waals surface area (Å²) in [7, 11) is -0.611. The molecule has 6 rings (SSSR count). The number of amides is 3. The maximum absolute atomic E-state index is 13.6. The van der Waals surface area contributed by atoms with Gasteiger partial charge in [0.2, 0.25) is 5.91 Å². The van der Waals surface area contributed by atoms with Gasteiger partial charge in [0.05, 0.1) is 57.1 Å². The van der Waals surface area contributed by atoms with Crippen molar-refractivity contribution in [2.75, 3.05) is 63.8 Å². The van der Waals surface area contributed by atoms with Crippen molar-refractivity contribution in [3.05, 3.63) is 102 Å². The van der Waals surface area contributed by atoms with E-state index in [0.29, 0.717) is 33.7 Å². The lowest BCUT2D eigenvalue weighted by Crippen LogP contribution is -2.66. The molecular weight excluding hydrogens is 949 g/mol. The lowest BCUT2D eigenvalue weighted by Gasteiger charge is -2.44. The number of nitrogens with zero attached hydrogens (tertiary/aromatic N) is 6. The van der Waals surface area contributed by atoms with Crippen molar-refractivity contribution < 1.29 is 66.7 Å².